The van der Waals surface area contributed by atoms with E-state index in [1.165, 1.54) is 11.3 Å². The summed E-state index contributed by atoms with van der Waals surface area (Å²) in [6.45, 7) is 12.0. The van der Waals surface area contributed by atoms with E-state index in [1.54, 1.807) is 4.90 Å². The van der Waals surface area contributed by atoms with Crippen LogP contribution in [0.2, 0.25) is 5.02 Å². The zero-order valence-corrected chi connectivity index (χ0v) is 21.1. The number of nitrogens with zero attached hydrogens (tertiary/aromatic N) is 5. The Bertz CT molecular complexity index is 1030. The number of piperazine rings is 1. The van der Waals surface area contributed by atoms with Crippen LogP contribution in [0.4, 0.5) is 11.5 Å². The average Bonchev–Trinajstić information content (AvgIpc) is 3.21. The molecule has 2 aromatic rings. The summed E-state index contributed by atoms with van der Waals surface area (Å²) in [5.41, 5.74) is 3.32. The van der Waals surface area contributed by atoms with Crippen LogP contribution < -0.4 is 15.1 Å². The molecule has 8 nitrogen and oxygen atoms in total. The highest BCUT2D eigenvalue weighted by Crippen LogP contribution is 2.27. The summed E-state index contributed by atoms with van der Waals surface area (Å²) >= 11 is 6.19. The number of fused-ring (bicyclic) bond motifs is 1. The van der Waals surface area contributed by atoms with Crippen LogP contribution in [0.25, 0.3) is 0 Å². The molecule has 0 radical (unpaired) electrons. The Hall–Kier alpha value is -2.58. The van der Waals surface area contributed by atoms with Gasteiger partial charge in [0.1, 0.15) is 11.9 Å². The molecule has 2 aliphatic heterocycles. The third kappa shape index (κ3) is 5.39. The first-order chi connectivity index (χ1) is 16.4. The minimum absolute atomic E-state index is 0.0118. The maximum atomic E-state index is 13.0. The van der Waals surface area contributed by atoms with Crippen molar-refractivity contribution in [2.24, 2.45) is 0 Å². The maximum absolute atomic E-state index is 13.0. The summed E-state index contributed by atoms with van der Waals surface area (Å²) in [5, 5.41) is 8.28. The van der Waals surface area contributed by atoms with E-state index in [9.17, 15) is 9.59 Å². The smallest absolute Gasteiger partial charge is 0.243 e. The number of hydrogen-bond acceptors (Lipinski definition) is 5. The van der Waals surface area contributed by atoms with Gasteiger partial charge in [-0.3, -0.25) is 19.4 Å². The molecule has 0 aliphatic carbocycles. The van der Waals surface area contributed by atoms with Gasteiger partial charge in [-0.25, -0.2) is 4.68 Å². The van der Waals surface area contributed by atoms with E-state index in [1.807, 2.05) is 36.7 Å². The van der Waals surface area contributed by atoms with Gasteiger partial charge in [-0.15, -0.1) is 0 Å². The zero-order chi connectivity index (χ0) is 24.2. The zero-order valence-electron chi connectivity index (χ0n) is 20.4. The van der Waals surface area contributed by atoms with Crippen LogP contribution in [0.5, 0.6) is 0 Å². The summed E-state index contributed by atoms with van der Waals surface area (Å²) < 4.78 is 1.83. The van der Waals surface area contributed by atoms with Crippen molar-refractivity contribution in [1.29, 1.82) is 0 Å². The Labute approximate surface area is 206 Å². The van der Waals surface area contributed by atoms with E-state index in [-0.39, 0.29) is 11.8 Å². The van der Waals surface area contributed by atoms with Crippen molar-refractivity contribution in [3.63, 3.8) is 0 Å². The molecule has 1 aromatic heterocycles. The van der Waals surface area contributed by atoms with E-state index in [4.69, 9.17) is 11.6 Å². The number of carbonyl (C=O) groups excluding carboxylic acids is 2. The maximum Gasteiger partial charge on any atom is 0.243 e. The number of aryl methyl sites for hydroxylation is 3. The van der Waals surface area contributed by atoms with Gasteiger partial charge in [-0.05, 0) is 50.9 Å². The molecular weight excluding hydrogens is 452 g/mol. The van der Waals surface area contributed by atoms with Gasteiger partial charge in [0.05, 0.1) is 12.2 Å². The molecule has 1 saturated heterocycles. The highest BCUT2D eigenvalue weighted by atomic mass is 35.5. The number of nitrogens with one attached hydrogen (secondary N) is 1. The van der Waals surface area contributed by atoms with Crippen molar-refractivity contribution < 1.29 is 9.59 Å². The molecule has 2 aliphatic rings. The average molecular weight is 487 g/mol. The van der Waals surface area contributed by atoms with Gasteiger partial charge in [0.15, 0.2) is 0 Å². The van der Waals surface area contributed by atoms with Gasteiger partial charge >= 0.3 is 0 Å². The van der Waals surface area contributed by atoms with Crippen LogP contribution in [0.15, 0.2) is 24.3 Å². The normalized spacial score (nSPS) is 17.6. The quantitative estimate of drug-likeness (QED) is 0.581. The van der Waals surface area contributed by atoms with Crippen molar-refractivity contribution in [2.45, 2.75) is 52.6 Å². The van der Waals surface area contributed by atoms with Crippen LogP contribution in [0, 0.1) is 13.8 Å². The number of anilines is 2. The van der Waals surface area contributed by atoms with Gasteiger partial charge in [0, 0.05) is 55.9 Å². The van der Waals surface area contributed by atoms with E-state index >= 15 is 0 Å². The number of hydrogen-bond donors (Lipinski definition) is 1. The minimum Gasteiger partial charge on any atom is -0.369 e. The highest BCUT2D eigenvalue weighted by Gasteiger charge is 2.34. The van der Waals surface area contributed by atoms with E-state index in [0.29, 0.717) is 25.9 Å². The molecule has 1 aromatic carbocycles. The number of halogens is 1. The molecule has 1 N–H and O–H groups in total. The lowest BCUT2D eigenvalue weighted by molar-refractivity contribution is -0.127. The Morgan fingerprint density at radius 2 is 1.91 bits per heavy atom. The number of rotatable bonds is 8. The summed E-state index contributed by atoms with van der Waals surface area (Å²) in [7, 11) is 0. The van der Waals surface area contributed by atoms with Gasteiger partial charge < -0.3 is 10.2 Å². The van der Waals surface area contributed by atoms with Crippen LogP contribution >= 0.6 is 11.6 Å². The fourth-order valence-corrected chi connectivity index (χ4v) is 5.09. The summed E-state index contributed by atoms with van der Waals surface area (Å²) in [6, 6.07) is 7.44. The molecule has 3 heterocycles. The molecule has 34 heavy (non-hydrogen) atoms. The lowest BCUT2D eigenvalue weighted by Crippen LogP contribution is -2.52. The molecule has 1 fully saturated rings. The standard InChI is InChI=1S/C25H35ClN6O2/c1-4-21(32-23-16-19(3)28-31(23)11-8-24(32)33)25(34)27-9-5-10-29-12-14-30(15-13-29)22-17-20(26)7-6-18(22)2/h6-7,16-17,21H,4-5,8-15H2,1-3H3,(H,27,34)/t21-/m0/s1. The van der Waals surface area contributed by atoms with Crippen LogP contribution in [0.1, 0.15) is 37.4 Å². The topological polar surface area (TPSA) is 73.7 Å². The Morgan fingerprint density at radius 3 is 2.65 bits per heavy atom. The predicted octanol–water partition coefficient (Wildman–Crippen LogP) is 3.00. The Balaban J connectivity index is 1.24. The number of amides is 2. The van der Waals surface area contributed by atoms with Crippen molar-refractivity contribution in [3.8, 4) is 0 Å². The lowest BCUT2D eigenvalue weighted by Gasteiger charge is -2.37. The fraction of sp³-hybridized carbons (Fsp3) is 0.560. The Kier molecular flexibility index (Phi) is 7.78. The third-order valence-electron chi connectivity index (χ3n) is 6.77. The number of aromatic nitrogens is 2. The molecule has 0 saturated carbocycles. The second-order valence-corrected chi connectivity index (χ2v) is 9.65. The molecule has 2 amide bonds. The lowest BCUT2D eigenvalue weighted by atomic mass is 10.1. The highest BCUT2D eigenvalue weighted by molar-refractivity contribution is 6.30. The van der Waals surface area contributed by atoms with E-state index in [0.717, 1.165) is 55.7 Å². The second kappa shape index (κ2) is 10.8. The van der Waals surface area contributed by atoms with E-state index < -0.39 is 6.04 Å². The molecule has 0 bridgehead atoms. The molecule has 1 atom stereocenters. The van der Waals surface area contributed by atoms with Crippen molar-refractivity contribution in [2.75, 3.05) is 49.1 Å². The third-order valence-corrected chi connectivity index (χ3v) is 7.00. The predicted molar refractivity (Wildman–Crippen MR) is 136 cm³/mol. The molecule has 4 rings (SSSR count). The van der Waals surface area contributed by atoms with Gasteiger partial charge in [-0.1, -0.05) is 24.6 Å². The summed E-state index contributed by atoms with van der Waals surface area (Å²) in [4.78, 5) is 32.1. The Morgan fingerprint density at radius 1 is 1.15 bits per heavy atom. The molecule has 0 unspecified atom stereocenters. The summed E-state index contributed by atoms with van der Waals surface area (Å²) in [6.07, 6.45) is 1.81. The number of carbonyl (C=O) groups is 2. The SMILES string of the molecule is CC[C@@H](C(=O)NCCCN1CCN(c2cc(Cl)ccc2C)CC1)N1C(=O)CCn2nc(C)cc21. The molecule has 9 heteroatoms. The fourth-order valence-electron chi connectivity index (χ4n) is 4.93. The van der Waals surface area contributed by atoms with Gasteiger partial charge in [-0.2, -0.15) is 5.10 Å². The largest absolute Gasteiger partial charge is 0.369 e. The van der Waals surface area contributed by atoms with Crippen LogP contribution in [-0.2, 0) is 16.1 Å². The van der Waals surface area contributed by atoms with Crippen LogP contribution in [0.3, 0.4) is 0 Å². The van der Waals surface area contributed by atoms with Crippen molar-refractivity contribution in [1.82, 2.24) is 20.0 Å². The monoisotopic (exact) mass is 486 g/mol. The first kappa shape index (κ1) is 24.5. The second-order valence-electron chi connectivity index (χ2n) is 9.21. The molecular formula is C25H35ClN6O2. The van der Waals surface area contributed by atoms with Crippen molar-refractivity contribution in [3.05, 3.63) is 40.5 Å². The van der Waals surface area contributed by atoms with Gasteiger partial charge in [0.2, 0.25) is 11.8 Å². The molecule has 0 spiro atoms. The molecule has 184 valence electrons. The number of benzene rings is 1. The van der Waals surface area contributed by atoms with E-state index in [2.05, 4.69) is 33.2 Å². The van der Waals surface area contributed by atoms with Crippen LogP contribution in [-0.4, -0.2) is 71.8 Å². The van der Waals surface area contributed by atoms with Crippen molar-refractivity contribution >= 4 is 34.9 Å². The first-order valence-electron chi connectivity index (χ1n) is 12.2. The minimum atomic E-state index is -0.507. The first-order valence-corrected chi connectivity index (χ1v) is 12.6. The summed E-state index contributed by atoms with van der Waals surface area (Å²) in [5.74, 6) is 0.621. The van der Waals surface area contributed by atoms with Gasteiger partial charge in [0.25, 0.3) is 0 Å².